The van der Waals surface area contributed by atoms with Crippen molar-refractivity contribution in [2.75, 3.05) is 38.5 Å². The molecule has 2 N–H and O–H groups in total. The van der Waals surface area contributed by atoms with Gasteiger partial charge in [0.05, 0.1) is 24.7 Å². The predicted molar refractivity (Wildman–Crippen MR) is 100 cm³/mol. The zero-order valence-electron chi connectivity index (χ0n) is 15.4. The minimum absolute atomic E-state index is 0.0907. The maximum Gasteiger partial charge on any atom is 0.211 e. The first-order chi connectivity index (χ1) is 12.0. The molecule has 0 bridgehead atoms. The maximum atomic E-state index is 11.5. The summed E-state index contributed by atoms with van der Waals surface area (Å²) >= 11 is 0. The van der Waals surface area contributed by atoms with Gasteiger partial charge in [0, 0.05) is 38.6 Å². The number of likely N-dealkylation sites (tertiary alicyclic amines) is 1. The van der Waals surface area contributed by atoms with Crippen LogP contribution in [0.4, 0.5) is 0 Å². The van der Waals surface area contributed by atoms with Gasteiger partial charge < -0.3 is 14.8 Å². The lowest BCUT2D eigenvalue weighted by Gasteiger charge is -2.39. The molecule has 1 aromatic heterocycles. The summed E-state index contributed by atoms with van der Waals surface area (Å²) in [5, 5.41) is 3.32. The Balaban J connectivity index is 1.99. The zero-order chi connectivity index (χ0) is 18.3. The lowest BCUT2D eigenvalue weighted by molar-refractivity contribution is 0.189. The van der Waals surface area contributed by atoms with Gasteiger partial charge in [0.1, 0.15) is 0 Å². The second-order valence-corrected chi connectivity index (χ2v) is 8.42. The third-order valence-corrected chi connectivity index (χ3v) is 5.94. The fourth-order valence-corrected chi connectivity index (χ4v) is 3.59. The number of piperidine rings is 1. The summed E-state index contributed by atoms with van der Waals surface area (Å²) in [5.74, 6) is 1.51. The van der Waals surface area contributed by atoms with Crippen LogP contribution in [-0.2, 0) is 10.0 Å². The van der Waals surface area contributed by atoms with Crippen LogP contribution in [-0.4, -0.2) is 67.3 Å². The molecule has 2 heterocycles. The van der Waals surface area contributed by atoms with Crippen molar-refractivity contribution in [2.45, 2.75) is 33.2 Å². The van der Waals surface area contributed by atoms with E-state index < -0.39 is 10.0 Å². The van der Waals surface area contributed by atoms with Gasteiger partial charge in [-0.05, 0) is 26.2 Å². The van der Waals surface area contributed by atoms with Crippen LogP contribution in [0.3, 0.4) is 0 Å². The number of aliphatic imine (C=N–C) groups is 1. The minimum atomic E-state index is -3.16. The van der Waals surface area contributed by atoms with E-state index in [9.17, 15) is 8.42 Å². The number of aromatic nitrogens is 2. The van der Waals surface area contributed by atoms with E-state index in [-0.39, 0.29) is 5.75 Å². The molecule has 0 radical (unpaired) electrons. The predicted octanol–water partition coefficient (Wildman–Crippen LogP) is 0.671. The molecule has 0 aliphatic carbocycles. The number of nitrogens with one attached hydrogen (secondary N) is 2. The van der Waals surface area contributed by atoms with Gasteiger partial charge in [-0.2, -0.15) is 0 Å². The number of imidazole rings is 1. The number of hydrogen-bond donors (Lipinski definition) is 2. The molecule has 2 rings (SSSR count). The Hall–Kier alpha value is -1.61. The summed E-state index contributed by atoms with van der Waals surface area (Å²) in [7, 11) is -3.16. The monoisotopic (exact) mass is 370 g/mol. The first kappa shape index (κ1) is 19.7. The summed E-state index contributed by atoms with van der Waals surface area (Å²) in [4.78, 5) is 11.0. The van der Waals surface area contributed by atoms with Crippen LogP contribution in [0.25, 0.3) is 0 Å². The Morgan fingerprint density at radius 2 is 2.20 bits per heavy atom. The molecule has 2 atom stereocenters. The summed E-state index contributed by atoms with van der Waals surface area (Å²) in [6.07, 6.45) is 6.77. The van der Waals surface area contributed by atoms with Crippen molar-refractivity contribution in [1.29, 1.82) is 0 Å². The van der Waals surface area contributed by atoms with Crippen molar-refractivity contribution in [2.24, 2.45) is 10.9 Å². The average Bonchev–Trinajstić information content (AvgIpc) is 3.12. The standard InChI is InChI=1S/C16H30N6O2S/c1-4-18-16(19-7-8-20-25(23,24)5-2)21-10-6-14(3)15(12-21)22-11-9-17-13-22/h9,11,13-15,20H,4-8,10,12H2,1-3H3,(H,18,19). The lowest BCUT2D eigenvalue weighted by atomic mass is 9.93. The van der Waals surface area contributed by atoms with Crippen LogP contribution in [0.2, 0.25) is 0 Å². The molecule has 0 spiro atoms. The van der Waals surface area contributed by atoms with E-state index in [0.29, 0.717) is 25.0 Å². The van der Waals surface area contributed by atoms with Gasteiger partial charge in [-0.1, -0.05) is 6.92 Å². The molecule has 0 amide bonds. The van der Waals surface area contributed by atoms with Gasteiger partial charge >= 0.3 is 0 Å². The van der Waals surface area contributed by atoms with Gasteiger partial charge in [0.25, 0.3) is 0 Å². The minimum Gasteiger partial charge on any atom is -0.357 e. The Morgan fingerprint density at radius 3 is 2.84 bits per heavy atom. The van der Waals surface area contributed by atoms with Gasteiger partial charge in [-0.15, -0.1) is 0 Å². The molecule has 1 aromatic rings. The quantitative estimate of drug-likeness (QED) is 0.418. The van der Waals surface area contributed by atoms with Crippen molar-refractivity contribution in [3.63, 3.8) is 0 Å². The number of guanidine groups is 1. The zero-order valence-corrected chi connectivity index (χ0v) is 16.2. The van der Waals surface area contributed by atoms with Gasteiger partial charge in [0.15, 0.2) is 5.96 Å². The van der Waals surface area contributed by atoms with Crippen LogP contribution in [0.1, 0.15) is 33.2 Å². The van der Waals surface area contributed by atoms with Crippen LogP contribution in [0.15, 0.2) is 23.7 Å². The summed E-state index contributed by atoms with van der Waals surface area (Å²) in [6.45, 7) is 9.26. The summed E-state index contributed by atoms with van der Waals surface area (Å²) in [5.41, 5.74) is 0. The maximum absolute atomic E-state index is 11.5. The fourth-order valence-electron chi connectivity index (χ4n) is 2.99. The third kappa shape index (κ3) is 5.71. The number of sulfonamides is 1. The molecule has 25 heavy (non-hydrogen) atoms. The molecule has 1 aliphatic rings. The Morgan fingerprint density at radius 1 is 1.40 bits per heavy atom. The highest BCUT2D eigenvalue weighted by Gasteiger charge is 2.28. The van der Waals surface area contributed by atoms with Crippen molar-refractivity contribution < 1.29 is 8.42 Å². The molecule has 9 heteroatoms. The van der Waals surface area contributed by atoms with E-state index in [0.717, 1.165) is 32.0 Å². The third-order valence-electron chi connectivity index (χ3n) is 4.54. The van der Waals surface area contributed by atoms with Gasteiger partial charge in [-0.25, -0.2) is 18.1 Å². The van der Waals surface area contributed by atoms with Crippen LogP contribution in [0, 0.1) is 5.92 Å². The van der Waals surface area contributed by atoms with E-state index >= 15 is 0 Å². The molecule has 1 saturated heterocycles. The van der Waals surface area contributed by atoms with Gasteiger partial charge in [-0.3, -0.25) is 4.99 Å². The molecular weight excluding hydrogens is 340 g/mol. The molecule has 8 nitrogen and oxygen atoms in total. The highest BCUT2D eigenvalue weighted by Crippen LogP contribution is 2.27. The second-order valence-electron chi connectivity index (χ2n) is 6.32. The topological polar surface area (TPSA) is 91.6 Å². The second kappa shape index (κ2) is 9.19. The Bertz CT molecular complexity index is 644. The average molecular weight is 371 g/mol. The number of nitrogens with zero attached hydrogens (tertiary/aromatic N) is 4. The Kier molecular flexibility index (Phi) is 7.24. The SMILES string of the molecule is CCNC(=NCCNS(=O)(=O)CC)N1CCC(C)C(n2ccnc2)C1. The largest absolute Gasteiger partial charge is 0.357 e. The first-order valence-electron chi connectivity index (χ1n) is 8.94. The van der Waals surface area contributed by atoms with E-state index in [1.807, 2.05) is 25.6 Å². The Labute approximate surface area is 150 Å². The van der Waals surface area contributed by atoms with Gasteiger partial charge in [0.2, 0.25) is 10.0 Å². The van der Waals surface area contributed by atoms with Crippen molar-refractivity contribution in [1.82, 2.24) is 24.5 Å². The van der Waals surface area contributed by atoms with Crippen molar-refractivity contribution in [3.8, 4) is 0 Å². The molecule has 0 aromatic carbocycles. The van der Waals surface area contributed by atoms with E-state index in [4.69, 9.17) is 0 Å². The fraction of sp³-hybridized carbons (Fsp3) is 0.750. The number of hydrogen-bond acceptors (Lipinski definition) is 4. The van der Waals surface area contributed by atoms with Crippen molar-refractivity contribution in [3.05, 3.63) is 18.7 Å². The molecule has 1 aliphatic heterocycles. The highest BCUT2D eigenvalue weighted by atomic mass is 32.2. The molecule has 142 valence electrons. The molecule has 2 unspecified atom stereocenters. The van der Waals surface area contributed by atoms with E-state index in [2.05, 4.69) is 36.4 Å². The molecular formula is C16H30N6O2S. The molecule has 0 saturated carbocycles. The van der Waals surface area contributed by atoms with Crippen molar-refractivity contribution >= 4 is 16.0 Å². The first-order valence-corrected chi connectivity index (χ1v) is 10.6. The normalized spacial score (nSPS) is 22.2. The lowest BCUT2D eigenvalue weighted by Crippen LogP contribution is -2.49. The van der Waals surface area contributed by atoms with E-state index in [1.54, 1.807) is 6.92 Å². The van der Waals surface area contributed by atoms with Crippen LogP contribution >= 0.6 is 0 Å². The smallest absolute Gasteiger partial charge is 0.211 e. The van der Waals surface area contributed by atoms with E-state index in [1.165, 1.54) is 0 Å². The van der Waals surface area contributed by atoms with Crippen LogP contribution in [0.5, 0.6) is 0 Å². The van der Waals surface area contributed by atoms with Crippen LogP contribution < -0.4 is 10.0 Å². The summed E-state index contributed by atoms with van der Waals surface area (Å²) < 4.78 is 27.7. The molecule has 1 fully saturated rings. The summed E-state index contributed by atoms with van der Waals surface area (Å²) in [6, 6.07) is 0.360. The number of rotatable bonds is 7. The highest BCUT2D eigenvalue weighted by molar-refractivity contribution is 7.89.